The van der Waals surface area contributed by atoms with E-state index in [1.54, 1.807) is 43.3 Å². The molecule has 152 valence electrons. The topological polar surface area (TPSA) is 80.9 Å². The number of carbonyl (C=O) groups is 1. The van der Waals surface area contributed by atoms with E-state index in [0.717, 1.165) is 0 Å². The lowest BCUT2D eigenvalue weighted by Gasteiger charge is -2.26. The van der Waals surface area contributed by atoms with Gasteiger partial charge in [0.2, 0.25) is 0 Å². The highest BCUT2D eigenvalue weighted by Crippen LogP contribution is 2.30. The van der Waals surface area contributed by atoms with E-state index in [2.05, 4.69) is 5.32 Å². The molecule has 1 amide bonds. The van der Waals surface area contributed by atoms with E-state index in [-0.39, 0.29) is 31.5 Å². The molecule has 1 fully saturated rings. The number of rotatable bonds is 6. The number of halogens is 1. The van der Waals surface area contributed by atoms with E-state index in [9.17, 15) is 14.3 Å². The number of aliphatic hydroxyl groups excluding tert-OH is 1. The number of hydrogen-bond donors (Lipinski definition) is 2. The molecule has 6 nitrogen and oxygen atoms in total. The van der Waals surface area contributed by atoms with E-state index < -0.39 is 5.54 Å². The molecule has 0 aliphatic carbocycles. The number of nitrogens with one attached hydrogen (secondary N) is 1. The van der Waals surface area contributed by atoms with Crippen molar-refractivity contribution in [3.05, 3.63) is 65.2 Å². The molecular weight excluding hydrogens is 377 g/mol. The van der Waals surface area contributed by atoms with Gasteiger partial charge in [0, 0.05) is 17.6 Å². The van der Waals surface area contributed by atoms with Crippen molar-refractivity contribution in [1.82, 2.24) is 5.32 Å². The molecule has 0 saturated carbocycles. The van der Waals surface area contributed by atoms with Crippen LogP contribution in [0.5, 0.6) is 5.75 Å². The van der Waals surface area contributed by atoms with Crippen molar-refractivity contribution in [3.8, 4) is 5.75 Å². The van der Waals surface area contributed by atoms with Gasteiger partial charge < -0.3 is 24.3 Å². The fraction of sp³-hybridized carbons (Fsp3) is 0.318. The number of carbonyl (C=O) groups excluding carboxylic acids is 1. The molecule has 0 bridgehead atoms. The highest BCUT2D eigenvalue weighted by molar-refractivity contribution is 6.07. The smallest absolute Gasteiger partial charge is 0.256 e. The normalized spacial score (nSPS) is 18.9. The number of aliphatic hydroxyl groups is 1. The van der Waals surface area contributed by atoms with Crippen LogP contribution in [-0.2, 0) is 11.3 Å². The van der Waals surface area contributed by atoms with Gasteiger partial charge in [-0.3, -0.25) is 4.79 Å². The van der Waals surface area contributed by atoms with Gasteiger partial charge in [-0.25, -0.2) is 4.39 Å². The van der Waals surface area contributed by atoms with E-state index >= 15 is 0 Å². The predicted octanol–water partition coefficient (Wildman–Crippen LogP) is 3.34. The fourth-order valence-corrected chi connectivity index (χ4v) is 3.52. The zero-order chi connectivity index (χ0) is 20.4. The third-order valence-corrected chi connectivity index (χ3v) is 5.20. The van der Waals surface area contributed by atoms with Crippen molar-refractivity contribution in [1.29, 1.82) is 0 Å². The number of fused-ring (bicyclic) bond motifs is 1. The highest BCUT2D eigenvalue weighted by atomic mass is 19.1. The third kappa shape index (κ3) is 3.83. The Hall–Kier alpha value is -2.90. The summed E-state index contributed by atoms with van der Waals surface area (Å²) in [5, 5.41) is 13.2. The Morgan fingerprint density at radius 3 is 2.86 bits per heavy atom. The molecular formula is C22H22FNO5. The Kier molecular flexibility index (Phi) is 5.25. The Labute approximate surface area is 167 Å². The second-order valence-electron chi connectivity index (χ2n) is 7.27. The lowest BCUT2D eigenvalue weighted by Crippen LogP contribution is -2.52. The van der Waals surface area contributed by atoms with Gasteiger partial charge in [-0.2, -0.15) is 0 Å². The molecule has 2 aromatic carbocycles. The molecule has 7 heteroatoms. The summed E-state index contributed by atoms with van der Waals surface area (Å²) < 4.78 is 30.6. The van der Waals surface area contributed by atoms with E-state index in [1.165, 1.54) is 6.07 Å². The molecule has 29 heavy (non-hydrogen) atoms. The molecule has 0 spiro atoms. The van der Waals surface area contributed by atoms with Gasteiger partial charge >= 0.3 is 0 Å². The minimum Gasteiger partial charge on any atom is -0.489 e. The highest BCUT2D eigenvalue weighted by Gasteiger charge is 2.37. The van der Waals surface area contributed by atoms with Gasteiger partial charge in [-0.1, -0.05) is 18.2 Å². The van der Waals surface area contributed by atoms with Crippen LogP contribution in [0, 0.1) is 12.7 Å². The van der Waals surface area contributed by atoms with Crippen molar-refractivity contribution in [2.45, 2.75) is 25.5 Å². The molecule has 3 aromatic rings. The zero-order valence-corrected chi connectivity index (χ0v) is 16.0. The molecule has 1 saturated heterocycles. The van der Waals surface area contributed by atoms with Gasteiger partial charge in [0.25, 0.3) is 5.91 Å². The lowest BCUT2D eigenvalue weighted by molar-refractivity contribution is 0.0789. The average molecular weight is 399 g/mol. The largest absolute Gasteiger partial charge is 0.489 e. The van der Waals surface area contributed by atoms with Crippen LogP contribution in [0.15, 0.2) is 46.9 Å². The van der Waals surface area contributed by atoms with Crippen LogP contribution in [0.4, 0.5) is 4.39 Å². The first-order valence-corrected chi connectivity index (χ1v) is 9.42. The Balaban J connectivity index is 1.59. The first-order chi connectivity index (χ1) is 14.0. The minimum absolute atomic E-state index is 0.0709. The quantitative estimate of drug-likeness (QED) is 0.665. The molecule has 1 aromatic heterocycles. The van der Waals surface area contributed by atoms with Crippen LogP contribution >= 0.6 is 0 Å². The van der Waals surface area contributed by atoms with E-state index in [0.29, 0.717) is 46.6 Å². The predicted molar refractivity (Wildman–Crippen MR) is 104 cm³/mol. The third-order valence-electron chi connectivity index (χ3n) is 5.20. The summed E-state index contributed by atoms with van der Waals surface area (Å²) in [6.07, 6.45) is 0.543. The molecule has 0 radical (unpaired) electrons. The number of amides is 1. The van der Waals surface area contributed by atoms with Crippen LogP contribution in [0.2, 0.25) is 0 Å². The van der Waals surface area contributed by atoms with E-state index in [4.69, 9.17) is 13.9 Å². The summed E-state index contributed by atoms with van der Waals surface area (Å²) in [6, 6.07) is 11.6. The number of aryl methyl sites for hydroxylation is 1. The maximum absolute atomic E-state index is 13.8. The maximum atomic E-state index is 13.8. The second-order valence-corrected chi connectivity index (χ2v) is 7.27. The second kappa shape index (κ2) is 7.85. The van der Waals surface area contributed by atoms with Crippen LogP contribution in [0.1, 0.15) is 28.1 Å². The molecule has 1 aliphatic rings. The Bertz CT molecular complexity index is 1040. The van der Waals surface area contributed by atoms with Crippen molar-refractivity contribution in [2.24, 2.45) is 0 Å². The standard InChI is InChI=1S/C22H22FNO5/c1-14-20(21(26)24-22(12-25)8-9-27-13-22)17-10-16(6-7-19(17)29-14)28-11-15-4-2-3-5-18(15)23/h2-7,10,25H,8-9,11-13H2,1H3,(H,24,26). The molecule has 1 unspecified atom stereocenters. The summed E-state index contributed by atoms with van der Waals surface area (Å²) in [5.41, 5.74) is 0.592. The van der Waals surface area contributed by atoms with Gasteiger partial charge in [0.15, 0.2) is 0 Å². The summed E-state index contributed by atoms with van der Waals surface area (Å²) in [4.78, 5) is 13.0. The summed E-state index contributed by atoms with van der Waals surface area (Å²) in [7, 11) is 0. The van der Waals surface area contributed by atoms with Crippen LogP contribution in [-0.4, -0.2) is 36.4 Å². The van der Waals surface area contributed by atoms with Crippen molar-refractivity contribution in [2.75, 3.05) is 19.8 Å². The van der Waals surface area contributed by atoms with Crippen molar-refractivity contribution >= 4 is 16.9 Å². The van der Waals surface area contributed by atoms with Crippen LogP contribution in [0.25, 0.3) is 11.0 Å². The number of ether oxygens (including phenoxy) is 2. The van der Waals surface area contributed by atoms with Gasteiger partial charge in [0.1, 0.15) is 29.5 Å². The van der Waals surface area contributed by atoms with Gasteiger partial charge in [0.05, 0.1) is 24.3 Å². The van der Waals surface area contributed by atoms with Crippen LogP contribution < -0.4 is 10.1 Å². The summed E-state index contributed by atoms with van der Waals surface area (Å²) in [6.45, 7) is 2.33. The van der Waals surface area contributed by atoms with Crippen molar-refractivity contribution in [3.63, 3.8) is 0 Å². The SMILES string of the molecule is Cc1oc2ccc(OCc3ccccc3F)cc2c1C(=O)NC1(CO)CCOC1. The number of hydrogen-bond acceptors (Lipinski definition) is 5. The van der Waals surface area contributed by atoms with Gasteiger partial charge in [-0.05, 0) is 37.6 Å². The summed E-state index contributed by atoms with van der Waals surface area (Å²) in [5.74, 6) is 0.292. The Morgan fingerprint density at radius 2 is 2.14 bits per heavy atom. The molecule has 1 aliphatic heterocycles. The first kappa shape index (κ1) is 19.4. The molecule has 2 heterocycles. The average Bonchev–Trinajstić information content (AvgIpc) is 3.31. The molecule has 1 atom stereocenters. The van der Waals surface area contributed by atoms with Crippen LogP contribution in [0.3, 0.4) is 0 Å². The first-order valence-electron chi connectivity index (χ1n) is 9.42. The lowest BCUT2D eigenvalue weighted by atomic mass is 9.99. The fourth-order valence-electron chi connectivity index (χ4n) is 3.52. The molecule has 4 rings (SSSR count). The monoisotopic (exact) mass is 399 g/mol. The molecule has 2 N–H and O–H groups in total. The number of furan rings is 1. The van der Waals surface area contributed by atoms with E-state index in [1.807, 2.05) is 0 Å². The number of benzene rings is 2. The zero-order valence-electron chi connectivity index (χ0n) is 16.0. The Morgan fingerprint density at radius 1 is 1.31 bits per heavy atom. The van der Waals surface area contributed by atoms with Gasteiger partial charge in [-0.15, -0.1) is 0 Å². The minimum atomic E-state index is -0.786. The van der Waals surface area contributed by atoms with Crippen molar-refractivity contribution < 1.29 is 28.2 Å². The maximum Gasteiger partial charge on any atom is 0.256 e. The summed E-state index contributed by atoms with van der Waals surface area (Å²) >= 11 is 0.